The summed E-state index contributed by atoms with van der Waals surface area (Å²) < 4.78 is 11.8. The second-order valence-corrected chi connectivity index (χ2v) is 5.60. The van der Waals surface area contributed by atoms with Gasteiger partial charge in [0.25, 0.3) is 0 Å². The van der Waals surface area contributed by atoms with Gasteiger partial charge in [0.05, 0.1) is 22.5 Å². The molecule has 0 atom stereocenters. The van der Waals surface area contributed by atoms with Crippen LogP contribution in [0.1, 0.15) is 39.0 Å². The summed E-state index contributed by atoms with van der Waals surface area (Å²) in [4.78, 5) is 4.21. The first-order valence-electron chi connectivity index (χ1n) is 5.99. The summed E-state index contributed by atoms with van der Waals surface area (Å²) in [6.45, 7) is 9.81. The van der Waals surface area contributed by atoms with Gasteiger partial charge in [-0.2, -0.15) is 5.26 Å². The van der Waals surface area contributed by atoms with E-state index in [9.17, 15) is 0 Å². The topological polar surface area (TPSA) is 55.1 Å². The maximum absolute atomic E-state index is 9.02. The highest BCUT2D eigenvalue weighted by molar-refractivity contribution is 6.62. The van der Waals surface area contributed by atoms with Crippen molar-refractivity contribution in [1.29, 1.82) is 5.26 Å². The van der Waals surface area contributed by atoms with Crippen LogP contribution in [-0.4, -0.2) is 23.3 Å². The highest BCUT2D eigenvalue weighted by atomic mass is 16.7. The number of aromatic nitrogens is 1. The van der Waals surface area contributed by atoms with Gasteiger partial charge < -0.3 is 9.31 Å². The van der Waals surface area contributed by atoms with Crippen LogP contribution in [0.5, 0.6) is 0 Å². The zero-order valence-electron chi connectivity index (χ0n) is 11.4. The van der Waals surface area contributed by atoms with Crippen LogP contribution in [0.2, 0.25) is 0 Å². The van der Waals surface area contributed by atoms with Crippen molar-refractivity contribution in [2.45, 2.75) is 45.8 Å². The van der Waals surface area contributed by atoms with Gasteiger partial charge >= 0.3 is 7.12 Å². The van der Waals surface area contributed by atoms with E-state index in [1.54, 1.807) is 12.3 Å². The van der Waals surface area contributed by atoms with E-state index in [2.05, 4.69) is 11.1 Å². The molecule has 2 heterocycles. The predicted molar refractivity (Wildman–Crippen MR) is 69.4 cm³/mol. The van der Waals surface area contributed by atoms with E-state index in [1.165, 1.54) is 0 Å². The largest absolute Gasteiger partial charge is 0.496 e. The van der Waals surface area contributed by atoms with E-state index >= 15 is 0 Å². The molecule has 0 saturated carbocycles. The van der Waals surface area contributed by atoms with Gasteiger partial charge in [0.1, 0.15) is 6.07 Å². The smallest absolute Gasteiger partial charge is 0.399 e. The lowest BCUT2D eigenvalue weighted by Gasteiger charge is -2.32. The first kappa shape index (κ1) is 13.1. The minimum absolute atomic E-state index is 0.380. The van der Waals surface area contributed by atoms with E-state index < -0.39 is 7.12 Å². The highest BCUT2D eigenvalue weighted by Crippen LogP contribution is 2.36. The molecule has 1 aromatic heterocycles. The second kappa shape index (κ2) is 4.08. The van der Waals surface area contributed by atoms with Crippen LogP contribution in [0.4, 0.5) is 0 Å². The molecular formula is C13H17BN2O2. The average Bonchev–Trinajstić information content (AvgIpc) is 2.49. The number of rotatable bonds is 1. The third-order valence-corrected chi connectivity index (χ3v) is 3.75. The van der Waals surface area contributed by atoms with Crippen molar-refractivity contribution in [3.63, 3.8) is 0 Å². The summed E-state index contributed by atoms with van der Waals surface area (Å²) in [5, 5.41) is 9.02. The van der Waals surface area contributed by atoms with Crippen LogP contribution in [-0.2, 0) is 9.31 Å². The lowest BCUT2D eigenvalue weighted by molar-refractivity contribution is 0.00578. The normalized spacial score (nSPS) is 20.8. The zero-order chi connectivity index (χ0) is 13.6. The van der Waals surface area contributed by atoms with Gasteiger partial charge in [-0.05, 0) is 40.7 Å². The molecule has 0 radical (unpaired) electrons. The Balaban J connectivity index is 2.33. The van der Waals surface area contributed by atoms with Crippen molar-refractivity contribution in [2.75, 3.05) is 0 Å². The SMILES string of the molecule is Cc1ncc(B2OC(C)(C)C(C)(C)O2)cc1C#N. The standard InChI is InChI=1S/C13H17BN2O2/c1-9-10(7-15)6-11(8-16-9)14-17-12(2,3)13(4,5)18-14/h6,8H,1-5H3. The molecule has 1 aliphatic heterocycles. The Morgan fingerprint density at radius 3 is 2.28 bits per heavy atom. The van der Waals surface area contributed by atoms with Crippen LogP contribution in [0.15, 0.2) is 12.3 Å². The highest BCUT2D eigenvalue weighted by Gasteiger charge is 2.51. The molecule has 1 fully saturated rings. The molecule has 0 aromatic carbocycles. The quantitative estimate of drug-likeness (QED) is 0.703. The minimum Gasteiger partial charge on any atom is -0.399 e. The summed E-state index contributed by atoms with van der Waals surface area (Å²) >= 11 is 0. The van der Waals surface area contributed by atoms with Gasteiger partial charge in [-0.15, -0.1) is 0 Å². The Morgan fingerprint density at radius 2 is 1.78 bits per heavy atom. The molecule has 1 aliphatic rings. The Kier molecular flexibility index (Phi) is 2.96. The Labute approximate surface area is 108 Å². The fourth-order valence-electron chi connectivity index (χ4n) is 1.77. The van der Waals surface area contributed by atoms with Crippen LogP contribution in [0.3, 0.4) is 0 Å². The molecule has 0 N–H and O–H groups in total. The average molecular weight is 244 g/mol. The van der Waals surface area contributed by atoms with Crippen molar-refractivity contribution in [3.05, 3.63) is 23.5 Å². The number of pyridine rings is 1. The minimum atomic E-state index is -0.463. The number of aryl methyl sites for hydroxylation is 1. The van der Waals surface area contributed by atoms with Gasteiger partial charge in [-0.1, -0.05) is 0 Å². The van der Waals surface area contributed by atoms with Crippen molar-refractivity contribution in [1.82, 2.24) is 4.98 Å². The van der Waals surface area contributed by atoms with Crippen molar-refractivity contribution < 1.29 is 9.31 Å². The van der Waals surface area contributed by atoms with Gasteiger partial charge in [0.2, 0.25) is 0 Å². The second-order valence-electron chi connectivity index (χ2n) is 5.60. The predicted octanol–water partition coefficient (Wildman–Crippen LogP) is 1.56. The first-order valence-corrected chi connectivity index (χ1v) is 5.99. The molecule has 1 saturated heterocycles. The summed E-state index contributed by atoms with van der Waals surface area (Å²) in [5.41, 5.74) is 1.31. The lowest BCUT2D eigenvalue weighted by Crippen LogP contribution is -2.41. The van der Waals surface area contributed by atoms with E-state index in [0.717, 1.165) is 11.2 Å². The van der Waals surface area contributed by atoms with E-state index in [-0.39, 0.29) is 11.2 Å². The molecule has 0 spiro atoms. The molecule has 5 heteroatoms. The fraction of sp³-hybridized carbons (Fsp3) is 0.538. The summed E-state index contributed by atoms with van der Waals surface area (Å²) in [7, 11) is -0.463. The first-order chi connectivity index (χ1) is 8.27. The molecule has 0 unspecified atom stereocenters. The third-order valence-electron chi connectivity index (χ3n) is 3.75. The monoisotopic (exact) mass is 244 g/mol. The van der Waals surface area contributed by atoms with E-state index in [0.29, 0.717) is 5.56 Å². The van der Waals surface area contributed by atoms with Gasteiger partial charge in [0.15, 0.2) is 0 Å². The fourth-order valence-corrected chi connectivity index (χ4v) is 1.77. The van der Waals surface area contributed by atoms with Crippen LogP contribution in [0, 0.1) is 18.3 Å². The Bertz CT molecular complexity index is 504. The summed E-state index contributed by atoms with van der Waals surface area (Å²) in [6, 6.07) is 3.91. The van der Waals surface area contributed by atoms with E-state index in [1.807, 2.05) is 34.6 Å². The number of nitriles is 1. The van der Waals surface area contributed by atoms with Gasteiger partial charge in [0, 0.05) is 11.7 Å². The number of hydrogen-bond acceptors (Lipinski definition) is 4. The maximum Gasteiger partial charge on any atom is 0.496 e. The van der Waals surface area contributed by atoms with Gasteiger partial charge in [-0.25, -0.2) is 0 Å². The maximum atomic E-state index is 9.02. The molecule has 0 bridgehead atoms. The lowest BCUT2D eigenvalue weighted by atomic mass is 9.79. The molecule has 0 amide bonds. The molecule has 18 heavy (non-hydrogen) atoms. The van der Waals surface area contributed by atoms with E-state index in [4.69, 9.17) is 14.6 Å². The molecule has 2 rings (SSSR count). The number of nitrogens with zero attached hydrogens (tertiary/aromatic N) is 2. The third kappa shape index (κ3) is 2.02. The molecule has 0 aliphatic carbocycles. The molecular weight excluding hydrogens is 227 g/mol. The Hall–Kier alpha value is -1.38. The zero-order valence-corrected chi connectivity index (χ0v) is 11.4. The van der Waals surface area contributed by atoms with Gasteiger partial charge in [-0.3, -0.25) is 4.98 Å². The van der Waals surface area contributed by atoms with Crippen molar-refractivity contribution >= 4 is 12.6 Å². The van der Waals surface area contributed by atoms with Crippen molar-refractivity contribution in [2.24, 2.45) is 0 Å². The molecule has 4 nitrogen and oxygen atoms in total. The number of hydrogen-bond donors (Lipinski definition) is 0. The van der Waals surface area contributed by atoms with Crippen LogP contribution in [0.25, 0.3) is 0 Å². The van der Waals surface area contributed by atoms with Crippen LogP contribution >= 0.6 is 0 Å². The summed E-state index contributed by atoms with van der Waals surface area (Å²) in [6.07, 6.45) is 1.71. The van der Waals surface area contributed by atoms with Crippen molar-refractivity contribution in [3.8, 4) is 6.07 Å². The van der Waals surface area contributed by atoms with Crippen LogP contribution < -0.4 is 5.46 Å². The molecule has 94 valence electrons. The summed E-state index contributed by atoms with van der Waals surface area (Å²) in [5.74, 6) is 0. The Morgan fingerprint density at radius 1 is 1.22 bits per heavy atom. The molecule has 1 aromatic rings.